The van der Waals surface area contributed by atoms with Crippen molar-refractivity contribution in [3.8, 4) is 6.07 Å². The van der Waals surface area contributed by atoms with Gasteiger partial charge in [-0.25, -0.2) is 8.42 Å². The highest BCUT2D eigenvalue weighted by atomic mass is 79.9. The fraction of sp³-hybridized carbons (Fsp3) is 0.333. The molecule has 1 aromatic rings. The predicted octanol–water partition coefficient (Wildman–Crippen LogP) is 1.02. The minimum absolute atomic E-state index is 0.0541. The van der Waals surface area contributed by atoms with Gasteiger partial charge in [-0.15, -0.1) is 0 Å². The minimum Gasteiger partial charge on any atom is -0.324 e. The quantitative estimate of drug-likeness (QED) is 0.814. The number of carbonyl (C=O) groups excluding carboxylic acids is 1. The van der Waals surface area contributed by atoms with Gasteiger partial charge in [0.05, 0.1) is 29.1 Å². The Balaban J connectivity index is 2.69. The first kappa shape index (κ1) is 16.6. The van der Waals surface area contributed by atoms with Crippen molar-refractivity contribution in [2.45, 2.75) is 12.5 Å². The summed E-state index contributed by atoms with van der Waals surface area (Å²) in [5, 5.41) is 11.3. The third kappa shape index (κ3) is 5.28. The summed E-state index contributed by atoms with van der Waals surface area (Å²) in [4.78, 5) is 11.8. The van der Waals surface area contributed by atoms with Crippen LogP contribution in [0, 0.1) is 11.3 Å². The van der Waals surface area contributed by atoms with Gasteiger partial charge in [-0.1, -0.05) is 0 Å². The Labute approximate surface area is 126 Å². The number of nitrogens with zero attached hydrogens (tertiary/aromatic N) is 1. The number of rotatable bonds is 5. The molecule has 0 aliphatic carbocycles. The molecule has 1 aromatic carbocycles. The molecule has 0 aliphatic rings. The number of halogens is 1. The molecule has 0 heterocycles. The van der Waals surface area contributed by atoms with Crippen LogP contribution in [-0.2, 0) is 14.6 Å². The standard InChI is InChI=1S/C12H14BrN3O3S/c1-20(18,19)5-4-10(15)12(17)16-11-3-2-8(7-14)6-9(11)13/h2-3,6,10H,4-5,15H2,1H3,(H,16,17). The summed E-state index contributed by atoms with van der Waals surface area (Å²) in [6.07, 6.45) is 1.15. The Morgan fingerprint density at radius 1 is 1.55 bits per heavy atom. The van der Waals surface area contributed by atoms with E-state index in [0.717, 1.165) is 6.26 Å². The summed E-state index contributed by atoms with van der Waals surface area (Å²) < 4.78 is 22.6. The zero-order valence-electron chi connectivity index (χ0n) is 10.8. The minimum atomic E-state index is -3.15. The summed E-state index contributed by atoms with van der Waals surface area (Å²) in [5.41, 5.74) is 6.56. The Hall–Kier alpha value is -1.43. The maximum absolute atomic E-state index is 11.8. The van der Waals surface area contributed by atoms with E-state index in [2.05, 4.69) is 21.2 Å². The molecule has 108 valence electrons. The fourth-order valence-electron chi connectivity index (χ4n) is 1.38. The van der Waals surface area contributed by atoms with E-state index < -0.39 is 21.8 Å². The second-order valence-corrected chi connectivity index (χ2v) is 7.43. The number of benzene rings is 1. The van der Waals surface area contributed by atoms with Crippen molar-refractivity contribution in [1.29, 1.82) is 5.26 Å². The fourth-order valence-corrected chi connectivity index (χ4v) is 2.54. The van der Waals surface area contributed by atoms with E-state index in [1.165, 1.54) is 0 Å². The van der Waals surface area contributed by atoms with Gasteiger partial charge in [0.2, 0.25) is 5.91 Å². The number of carbonyl (C=O) groups is 1. The van der Waals surface area contributed by atoms with E-state index >= 15 is 0 Å². The Morgan fingerprint density at radius 3 is 2.70 bits per heavy atom. The number of anilines is 1. The van der Waals surface area contributed by atoms with E-state index in [0.29, 0.717) is 15.7 Å². The number of nitrogens with one attached hydrogen (secondary N) is 1. The molecule has 0 radical (unpaired) electrons. The normalized spacial score (nSPS) is 12.5. The van der Waals surface area contributed by atoms with Crippen LogP contribution in [0.1, 0.15) is 12.0 Å². The number of nitriles is 1. The van der Waals surface area contributed by atoms with Crippen LogP contribution < -0.4 is 11.1 Å². The number of sulfone groups is 1. The molecule has 1 unspecified atom stereocenters. The monoisotopic (exact) mass is 359 g/mol. The van der Waals surface area contributed by atoms with E-state index in [1.54, 1.807) is 18.2 Å². The molecule has 0 saturated carbocycles. The molecule has 8 heteroatoms. The largest absolute Gasteiger partial charge is 0.324 e. The lowest BCUT2D eigenvalue weighted by Crippen LogP contribution is -2.37. The molecule has 1 atom stereocenters. The molecule has 0 aromatic heterocycles. The second-order valence-electron chi connectivity index (χ2n) is 4.32. The third-order valence-corrected chi connectivity index (χ3v) is 4.13. The van der Waals surface area contributed by atoms with Gasteiger partial charge in [0.1, 0.15) is 9.84 Å². The summed E-state index contributed by atoms with van der Waals surface area (Å²) in [6.45, 7) is 0. The van der Waals surface area contributed by atoms with Crippen LogP contribution in [0.5, 0.6) is 0 Å². The van der Waals surface area contributed by atoms with Crippen molar-refractivity contribution in [2.24, 2.45) is 5.73 Å². The Kier molecular flexibility index (Phi) is 5.68. The van der Waals surface area contributed by atoms with E-state index in [4.69, 9.17) is 11.0 Å². The molecule has 0 saturated heterocycles. The van der Waals surface area contributed by atoms with Crippen molar-refractivity contribution in [2.75, 3.05) is 17.3 Å². The summed E-state index contributed by atoms with van der Waals surface area (Å²) >= 11 is 3.23. The van der Waals surface area contributed by atoms with Crippen LogP contribution in [0.25, 0.3) is 0 Å². The van der Waals surface area contributed by atoms with Gasteiger partial charge < -0.3 is 11.1 Å². The molecule has 1 amide bonds. The highest BCUT2D eigenvalue weighted by molar-refractivity contribution is 9.10. The summed E-state index contributed by atoms with van der Waals surface area (Å²) in [5.74, 6) is -0.616. The highest BCUT2D eigenvalue weighted by Gasteiger charge is 2.17. The zero-order chi connectivity index (χ0) is 15.3. The third-order valence-electron chi connectivity index (χ3n) is 2.49. The lowest BCUT2D eigenvalue weighted by molar-refractivity contribution is -0.117. The first-order valence-electron chi connectivity index (χ1n) is 5.67. The van der Waals surface area contributed by atoms with Crippen molar-refractivity contribution >= 4 is 37.4 Å². The molecule has 0 fully saturated rings. The van der Waals surface area contributed by atoms with Crippen LogP contribution in [0.4, 0.5) is 5.69 Å². The van der Waals surface area contributed by atoms with Gasteiger partial charge >= 0.3 is 0 Å². The second kappa shape index (κ2) is 6.83. The van der Waals surface area contributed by atoms with E-state index in [-0.39, 0.29) is 12.2 Å². The van der Waals surface area contributed by atoms with Gasteiger partial charge in [0, 0.05) is 10.7 Å². The Morgan fingerprint density at radius 2 is 2.20 bits per heavy atom. The molecule has 1 rings (SSSR count). The molecule has 0 spiro atoms. The predicted molar refractivity (Wildman–Crippen MR) is 79.8 cm³/mol. The number of amides is 1. The highest BCUT2D eigenvalue weighted by Crippen LogP contribution is 2.23. The summed E-state index contributed by atoms with van der Waals surface area (Å²) in [6, 6.07) is 5.76. The molecule has 3 N–H and O–H groups in total. The van der Waals surface area contributed by atoms with Gasteiger partial charge in [0.15, 0.2) is 0 Å². The van der Waals surface area contributed by atoms with Gasteiger partial charge in [-0.3, -0.25) is 4.79 Å². The van der Waals surface area contributed by atoms with Crippen LogP contribution in [0.15, 0.2) is 22.7 Å². The molecule has 20 heavy (non-hydrogen) atoms. The molecule has 6 nitrogen and oxygen atoms in total. The van der Waals surface area contributed by atoms with Gasteiger partial charge in [-0.05, 0) is 40.5 Å². The van der Waals surface area contributed by atoms with Gasteiger partial charge in [0.25, 0.3) is 0 Å². The van der Waals surface area contributed by atoms with Crippen molar-refractivity contribution in [3.05, 3.63) is 28.2 Å². The zero-order valence-corrected chi connectivity index (χ0v) is 13.2. The van der Waals surface area contributed by atoms with Crippen molar-refractivity contribution in [1.82, 2.24) is 0 Å². The van der Waals surface area contributed by atoms with Crippen LogP contribution in [0.2, 0.25) is 0 Å². The first-order valence-corrected chi connectivity index (χ1v) is 8.52. The molecular formula is C12H14BrN3O3S. The van der Waals surface area contributed by atoms with E-state index in [1.807, 2.05) is 6.07 Å². The molecular weight excluding hydrogens is 346 g/mol. The maximum Gasteiger partial charge on any atom is 0.241 e. The average Bonchev–Trinajstić information content (AvgIpc) is 2.37. The number of hydrogen-bond acceptors (Lipinski definition) is 5. The smallest absolute Gasteiger partial charge is 0.241 e. The SMILES string of the molecule is CS(=O)(=O)CCC(N)C(=O)Nc1ccc(C#N)cc1Br. The van der Waals surface area contributed by atoms with Gasteiger partial charge in [-0.2, -0.15) is 5.26 Å². The topological polar surface area (TPSA) is 113 Å². The molecule has 0 aliphatic heterocycles. The average molecular weight is 360 g/mol. The number of hydrogen-bond donors (Lipinski definition) is 2. The first-order chi connectivity index (χ1) is 9.23. The lowest BCUT2D eigenvalue weighted by atomic mass is 10.2. The molecule has 0 bridgehead atoms. The lowest BCUT2D eigenvalue weighted by Gasteiger charge is -2.12. The maximum atomic E-state index is 11.8. The van der Waals surface area contributed by atoms with E-state index in [9.17, 15) is 13.2 Å². The van der Waals surface area contributed by atoms with Crippen LogP contribution in [-0.4, -0.2) is 32.4 Å². The van der Waals surface area contributed by atoms with Crippen LogP contribution in [0.3, 0.4) is 0 Å². The summed E-state index contributed by atoms with van der Waals surface area (Å²) in [7, 11) is -3.15. The number of nitrogens with two attached hydrogens (primary N) is 1. The van der Waals surface area contributed by atoms with Crippen molar-refractivity contribution < 1.29 is 13.2 Å². The van der Waals surface area contributed by atoms with Crippen LogP contribution >= 0.6 is 15.9 Å². The Bertz CT molecular complexity index is 652. The van der Waals surface area contributed by atoms with Crippen molar-refractivity contribution in [3.63, 3.8) is 0 Å².